The molecule has 3 aliphatic carbocycles. The smallest absolute Gasteiger partial charge is 0.0486 e. The van der Waals surface area contributed by atoms with Crippen molar-refractivity contribution in [3.63, 3.8) is 0 Å². The monoisotopic (exact) mass is 314 g/mol. The summed E-state index contributed by atoms with van der Waals surface area (Å²) in [7, 11) is 0. The van der Waals surface area contributed by atoms with Crippen LogP contribution >= 0.6 is 0 Å². The molecule has 0 aromatic rings. The van der Waals surface area contributed by atoms with Gasteiger partial charge in [0, 0.05) is 17.2 Å². The van der Waals surface area contributed by atoms with Gasteiger partial charge >= 0.3 is 0 Å². The van der Waals surface area contributed by atoms with Gasteiger partial charge in [-0.15, -0.1) is 0 Å². The molecule has 0 spiro atoms. The highest BCUT2D eigenvalue weighted by atomic mass is 14.7. The molecule has 2 unspecified atom stereocenters. The van der Waals surface area contributed by atoms with Gasteiger partial charge in [0.1, 0.15) is 0 Å². The van der Waals surface area contributed by atoms with Gasteiger partial charge in [0.05, 0.1) is 0 Å². The minimum Gasteiger partial charge on any atom is -0.401 e. The second kappa shape index (κ2) is 7.25. The Bertz CT molecular complexity index is 490. The lowest BCUT2D eigenvalue weighted by Gasteiger charge is -2.44. The summed E-state index contributed by atoms with van der Waals surface area (Å²) in [6.45, 7) is 2.13. The van der Waals surface area contributed by atoms with Crippen LogP contribution in [0.3, 0.4) is 0 Å². The molecule has 2 saturated carbocycles. The van der Waals surface area contributed by atoms with Crippen LogP contribution < -0.4 is 11.5 Å². The van der Waals surface area contributed by atoms with Crippen LogP contribution in [0.2, 0.25) is 0 Å². The topological polar surface area (TPSA) is 52.0 Å². The molecule has 2 fully saturated rings. The highest BCUT2D eigenvalue weighted by Gasteiger charge is 2.42. The van der Waals surface area contributed by atoms with Crippen LogP contribution in [0.1, 0.15) is 71.1 Å². The predicted molar refractivity (Wildman–Crippen MR) is 98.7 cm³/mol. The van der Waals surface area contributed by atoms with Crippen molar-refractivity contribution < 1.29 is 0 Å². The molecule has 2 heteroatoms. The Morgan fingerprint density at radius 2 is 1.61 bits per heavy atom. The number of nitrogens with two attached hydrogens (primary N) is 2. The third kappa shape index (κ3) is 3.15. The molecule has 0 bridgehead atoms. The number of hydrogen-bond donors (Lipinski definition) is 2. The maximum atomic E-state index is 6.89. The molecule has 4 N–H and O–H groups in total. The highest BCUT2D eigenvalue weighted by Crippen LogP contribution is 2.49. The van der Waals surface area contributed by atoms with E-state index in [1.165, 1.54) is 69.8 Å². The average molecular weight is 315 g/mol. The van der Waals surface area contributed by atoms with Crippen molar-refractivity contribution >= 4 is 0 Å². The van der Waals surface area contributed by atoms with E-state index in [4.69, 9.17) is 11.5 Å². The molecule has 0 aromatic heterocycles. The molecule has 0 saturated heterocycles. The van der Waals surface area contributed by atoms with Gasteiger partial charge in [-0.1, -0.05) is 62.8 Å². The van der Waals surface area contributed by atoms with Crippen molar-refractivity contribution in [1.29, 1.82) is 0 Å². The van der Waals surface area contributed by atoms with Gasteiger partial charge < -0.3 is 11.5 Å². The third-order valence-electron chi connectivity index (χ3n) is 6.48. The van der Waals surface area contributed by atoms with E-state index in [9.17, 15) is 0 Å². The SMILES string of the molecule is C/C=C\C1(C2CCCCC2)C=CC(N)C(C2CCCCC2)=C1N. The van der Waals surface area contributed by atoms with E-state index in [2.05, 4.69) is 31.2 Å². The Kier molecular flexibility index (Phi) is 5.31. The summed E-state index contributed by atoms with van der Waals surface area (Å²) in [4.78, 5) is 0. The van der Waals surface area contributed by atoms with Crippen LogP contribution in [0.25, 0.3) is 0 Å². The minimum atomic E-state index is -0.0716. The van der Waals surface area contributed by atoms with Crippen LogP contribution in [0, 0.1) is 17.3 Å². The summed E-state index contributed by atoms with van der Waals surface area (Å²) in [6, 6.07) is 0.0278. The quantitative estimate of drug-likeness (QED) is 0.734. The van der Waals surface area contributed by atoms with Crippen LogP contribution in [0.5, 0.6) is 0 Å². The zero-order valence-corrected chi connectivity index (χ0v) is 14.8. The van der Waals surface area contributed by atoms with Gasteiger partial charge in [0.2, 0.25) is 0 Å². The van der Waals surface area contributed by atoms with Crippen LogP contribution in [-0.2, 0) is 0 Å². The fourth-order valence-electron chi connectivity index (χ4n) is 5.29. The standard InChI is InChI=1S/C21H34N2/c1-2-14-21(17-11-7-4-8-12-17)15-13-18(22)19(20(21)23)16-9-5-3-6-10-16/h2,13-18H,3-12,22-23H2,1H3/b14-2-. The molecule has 3 rings (SSSR count). The second-order valence-corrected chi connectivity index (χ2v) is 7.86. The molecule has 3 aliphatic rings. The first-order valence-electron chi connectivity index (χ1n) is 9.78. The molecule has 0 heterocycles. The Hall–Kier alpha value is -1.02. The van der Waals surface area contributed by atoms with Crippen molar-refractivity contribution in [2.75, 3.05) is 0 Å². The van der Waals surface area contributed by atoms with E-state index in [0.29, 0.717) is 11.8 Å². The van der Waals surface area contributed by atoms with E-state index >= 15 is 0 Å². The van der Waals surface area contributed by atoms with E-state index in [1.807, 2.05) is 0 Å². The lowest BCUT2D eigenvalue weighted by molar-refractivity contribution is 0.242. The van der Waals surface area contributed by atoms with Gasteiger partial charge in [-0.25, -0.2) is 0 Å². The summed E-state index contributed by atoms with van der Waals surface area (Å²) in [5.41, 5.74) is 15.8. The zero-order chi connectivity index (χ0) is 16.3. The Morgan fingerprint density at radius 3 is 2.22 bits per heavy atom. The molecule has 128 valence electrons. The Morgan fingerprint density at radius 1 is 1.00 bits per heavy atom. The first-order valence-corrected chi connectivity index (χ1v) is 9.78. The maximum Gasteiger partial charge on any atom is 0.0486 e. The summed E-state index contributed by atoms with van der Waals surface area (Å²) in [6.07, 6.45) is 22.4. The molecule has 0 radical (unpaired) electrons. The van der Waals surface area contributed by atoms with Crippen molar-refractivity contribution in [1.82, 2.24) is 0 Å². The molecule has 0 aliphatic heterocycles. The highest BCUT2D eigenvalue weighted by molar-refractivity contribution is 5.42. The minimum absolute atomic E-state index is 0.0278. The third-order valence-corrected chi connectivity index (χ3v) is 6.48. The Balaban J connectivity index is 2.00. The van der Waals surface area contributed by atoms with Crippen molar-refractivity contribution in [3.05, 3.63) is 35.6 Å². The molecule has 0 amide bonds. The average Bonchev–Trinajstić information content (AvgIpc) is 2.60. The first kappa shape index (κ1) is 16.8. The van der Waals surface area contributed by atoms with Gasteiger partial charge in [0.25, 0.3) is 0 Å². The van der Waals surface area contributed by atoms with E-state index in [-0.39, 0.29) is 11.5 Å². The largest absolute Gasteiger partial charge is 0.401 e. The lowest BCUT2D eigenvalue weighted by Crippen LogP contribution is -2.42. The molecular weight excluding hydrogens is 280 g/mol. The number of rotatable bonds is 3. The van der Waals surface area contributed by atoms with Crippen LogP contribution in [0.4, 0.5) is 0 Å². The molecule has 2 nitrogen and oxygen atoms in total. The first-order chi connectivity index (χ1) is 11.2. The molecule has 23 heavy (non-hydrogen) atoms. The van der Waals surface area contributed by atoms with E-state index < -0.39 is 0 Å². The Labute approximate surface area is 142 Å². The van der Waals surface area contributed by atoms with E-state index in [1.54, 1.807) is 0 Å². The van der Waals surface area contributed by atoms with Gasteiger partial charge in [-0.05, 0) is 50.0 Å². The predicted octanol–water partition coefficient (Wildman–Crippen LogP) is 4.82. The summed E-state index contributed by atoms with van der Waals surface area (Å²) < 4.78 is 0. The van der Waals surface area contributed by atoms with Gasteiger partial charge in [-0.3, -0.25) is 0 Å². The van der Waals surface area contributed by atoms with Crippen LogP contribution in [-0.4, -0.2) is 6.04 Å². The van der Waals surface area contributed by atoms with Gasteiger partial charge in [-0.2, -0.15) is 0 Å². The molecular formula is C21H34N2. The zero-order valence-electron chi connectivity index (χ0n) is 14.8. The number of allylic oxidation sites excluding steroid dienone is 2. The van der Waals surface area contributed by atoms with Crippen LogP contribution in [0.15, 0.2) is 35.6 Å². The second-order valence-electron chi connectivity index (χ2n) is 7.86. The van der Waals surface area contributed by atoms with Crippen molar-refractivity contribution in [2.45, 2.75) is 77.2 Å². The molecule has 0 aromatic carbocycles. The molecule has 2 atom stereocenters. The lowest BCUT2D eigenvalue weighted by atomic mass is 9.62. The number of hydrogen-bond acceptors (Lipinski definition) is 2. The maximum absolute atomic E-state index is 6.89. The summed E-state index contributed by atoms with van der Waals surface area (Å²) in [5.74, 6) is 1.26. The van der Waals surface area contributed by atoms with E-state index in [0.717, 1.165) is 5.70 Å². The summed E-state index contributed by atoms with van der Waals surface area (Å²) in [5, 5.41) is 0. The summed E-state index contributed by atoms with van der Waals surface area (Å²) >= 11 is 0. The normalized spacial score (nSPS) is 34.4. The van der Waals surface area contributed by atoms with Crippen molar-refractivity contribution in [3.8, 4) is 0 Å². The fourth-order valence-corrected chi connectivity index (χ4v) is 5.29. The van der Waals surface area contributed by atoms with Gasteiger partial charge in [0.15, 0.2) is 0 Å². The fraction of sp³-hybridized carbons (Fsp3) is 0.714. The van der Waals surface area contributed by atoms with Crippen molar-refractivity contribution in [2.24, 2.45) is 28.7 Å².